The third kappa shape index (κ3) is 1.80. The van der Waals surface area contributed by atoms with Crippen LogP contribution in [0.1, 0.15) is 0 Å². The Morgan fingerprint density at radius 1 is 1.10 bits per heavy atom. The summed E-state index contributed by atoms with van der Waals surface area (Å²) in [4.78, 5) is 0. The van der Waals surface area contributed by atoms with E-state index in [9.17, 15) is 0 Å². The Labute approximate surface area is 63.2 Å². The fourth-order valence-corrected chi connectivity index (χ4v) is 2.27. The van der Waals surface area contributed by atoms with E-state index >= 15 is 0 Å². The quantitative estimate of drug-likeness (QED) is 0.608. The molecule has 0 aromatic heterocycles. The molecule has 0 unspecified atom stereocenters. The van der Waals surface area contributed by atoms with Gasteiger partial charge >= 0.3 is 0 Å². The van der Waals surface area contributed by atoms with Crippen molar-refractivity contribution in [3.63, 3.8) is 0 Å². The van der Waals surface area contributed by atoms with Gasteiger partial charge < -0.3 is 0 Å². The van der Waals surface area contributed by atoms with Gasteiger partial charge in [0.05, 0.1) is 0 Å². The fraction of sp³-hybridized carbons (Fsp3) is 1.00. The molecule has 0 saturated carbocycles. The van der Waals surface area contributed by atoms with Crippen molar-refractivity contribution in [1.82, 2.24) is 14.4 Å². The smallest absolute Gasteiger partial charge is 0.161 e. The maximum absolute atomic E-state index is 7.93. The summed E-state index contributed by atoms with van der Waals surface area (Å²) in [6, 6.07) is 0. The molecule has 0 aromatic rings. The minimum Gasteiger partial charge on any atom is -0.277 e. The molecule has 10 heavy (non-hydrogen) atoms. The van der Waals surface area contributed by atoms with Gasteiger partial charge in [-0.2, -0.15) is 0 Å². The van der Waals surface area contributed by atoms with E-state index in [1.165, 1.54) is 0 Å². The Morgan fingerprint density at radius 2 is 1.40 bits per heavy atom. The molecule has 62 valence electrons. The lowest BCUT2D eigenvalue weighted by molar-refractivity contribution is 0.544. The van der Waals surface area contributed by atoms with Gasteiger partial charge in [0, 0.05) is 0 Å². The van der Waals surface area contributed by atoms with Crippen molar-refractivity contribution in [2.24, 2.45) is 0 Å². The summed E-state index contributed by atoms with van der Waals surface area (Å²) in [5.41, 5.74) is 0. The first-order valence-electron chi connectivity index (χ1n) is 3.14. The zero-order valence-corrected chi connectivity index (χ0v) is 8.24. The first-order valence-corrected chi connectivity index (χ1v) is 4.83. The maximum atomic E-state index is 7.93. The summed E-state index contributed by atoms with van der Waals surface area (Å²) in [6.45, 7) is 0. The molecule has 0 amide bonds. The van der Waals surface area contributed by atoms with Crippen LogP contribution in [0.15, 0.2) is 0 Å². The van der Waals surface area contributed by atoms with Gasteiger partial charge in [-0.15, -0.1) is 0 Å². The minimum atomic E-state index is -1.93. The van der Waals surface area contributed by atoms with Crippen molar-refractivity contribution in [2.75, 3.05) is 35.2 Å². The first-order chi connectivity index (χ1) is 4.45. The Morgan fingerprint density at radius 3 is 1.40 bits per heavy atom. The highest BCUT2D eigenvalue weighted by Gasteiger charge is 2.19. The maximum Gasteiger partial charge on any atom is 0.161 e. The van der Waals surface area contributed by atoms with Gasteiger partial charge in [0.25, 0.3) is 0 Å². The molecule has 0 aliphatic carbocycles. The first kappa shape index (κ1) is 10.1. The van der Waals surface area contributed by atoms with E-state index in [0.29, 0.717) is 0 Å². The SMILES string of the molecule is CNP(=N)(N(C)C)N(C)C. The Hall–Kier alpha value is 0.110. The van der Waals surface area contributed by atoms with E-state index in [1.807, 2.05) is 44.6 Å². The summed E-state index contributed by atoms with van der Waals surface area (Å²) in [5, 5.41) is 10.9. The predicted molar refractivity (Wildman–Crippen MR) is 46.1 cm³/mol. The summed E-state index contributed by atoms with van der Waals surface area (Å²) < 4.78 is 3.82. The summed E-state index contributed by atoms with van der Waals surface area (Å²) in [6.07, 6.45) is 0. The fourth-order valence-electron chi connectivity index (χ4n) is 0.758. The van der Waals surface area contributed by atoms with Crippen LogP contribution in [0.2, 0.25) is 0 Å². The number of nitrogens with zero attached hydrogens (tertiary/aromatic N) is 2. The second-order valence-corrected chi connectivity index (χ2v) is 5.77. The van der Waals surface area contributed by atoms with Crippen molar-refractivity contribution in [3.8, 4) is 0 Å². The van der Waals surface area contributed by atoms with Crippen molar-refractivity contribution in [2.45, 2.75) is 0 Å². The Balaban J connectivity index is 4.40. The van der Waals surface area contributed by atoms with Crippen molar-refractivity contribution in [3.05, 3.63) is 0 Å². The number of hydrogen-bond acceptors (Lipinski definition) is 1. The van der Waals surface area contributed by atoms with E-state index in [-0.39, 0.29) is 0 Å². The van der Waals surface area contributed by atoms with Gasteiger partial charge in [0.1, 0.15) is 0 Å². The zero-order valence-electron chi connectivity index (χ0n) is 7.34. The second kappa shape index (κ2) is 3.49. The third-order valence-corrected chi connectivity index (χ3v) is 4.41. The van der Waals surface area contributed by atoms with E-state index in [1.54, 1.807) is 0 Å². The lowest BCUT2D eigenvalue weighted by Crippen LogP contribution is -2.28. The molecule has 0 saturated heterocycles. The number of rotatable bonds is 3. The highest BCUT2D eigenvalue weighted by molar-refractivity contribution is 7.58. The molecular weight excluding hydrogens is 147 g/mol. The molecule has 0 atom stereocenters. The van der Waals surface area contributed by atoms with Crippen LogP contribution in [0.3, 0.4) is 0 Å². The molecule has 0 bridgehead atoms. The molecule has 0 spiro atoms. The molecule has 0 aliphatic rings. The van der Waals surface area contributed by atoms with Gasteiger partial charge in [-0.1, -0.05) is 0 Å². The Bertz CT molecular complexity index is 131. The van der Waals surface area contributed by atoms with Crippen molar-refractivity contribution in [1.29, 1.82) is 5.16 Å². The second-order valence-electron chi connectivity index (χ2n) is 2.52. The van der Waals surface area contributed by atoms with E-state index < -0.39 is 7.51 Å². The van der Waals surface area contributed by atoms with Crippen LogP contribution < -0.4 is 5.09 Å². The zero-order chi connectivity index (χ0) is 8.36. The standard InChI is InChI=1S/C5H17N4P/c1-7-10(6,8(2)3)9(4)5/h1-5H3,(H2,6,7). The Kier molecular flexibility index (Phi) is 3.52. The monoisotopic (exact) mass is 164 g/mol. The average Bonchev–Trinajstić information content (AvgIpc) is 1.85. The summed E-state index contributed by atoms with van der Waals surface area (Å²) in [5.74, 6) is 0. The molecule has 4 nitrogen and oxygen atoms in total. The normalized spacial score (nSPS) is 13.1. The van der Waals surface area contributed by atoms with Gasteiger partial charge in [-0.3, -0.25) is 19.6 Å². The number of hydrogen-bond donors (Lipinski definition) is 2. The molecule has 0 aliphatic heterocycles. The largest absolute Gasteiger partial charge is 0.277 e. The van der Waals surface area contributed by atoms with Crippen LogP contribution in [0, 0.1) is 5.16 Å². The van der Waals surface area contributed by atoms with E-state index in [2.05, 4.69) is 5.09 Å². The average molecular weight is 164 g/mol. The van der Waals surface area contributed by atoms with Crippen molar-refractivity contribution < 1.29 is 0 Å². The van der Waals surface area contributed by atoms with Gasteiger partial charge in [-0.05, 0) is 35.2 Å². The molecule has 0 aromatic carbocycles. The lowest BCUT2D eigenvalue weighted by atomic mass is 11.3. The van der Waals surface area contributed by atoms with Crippen LogP contribution in [-0.4, -0.2) is 44.6 Å². The molecule has 0 fully saturated rings. The van der Waals surface area contributed by atoms with E-state index in [4.69, 9.17) is 5.16 Å². The predicted octanol–water partition coefficient (Wildman–Crippen LogP) is 0.854. The summed E-state index contributed by atoms with van der Waals surface area (Å²) in [7, 11) is 7.55. The molecule has 5 heteroatoms. The summed E-state index contributed by atoms with van der Waals surface area (Å²) >= 11 is 0. The lowest BCUT2D eigenvalue weighted by Gasteiger charge is -2.33. The van der Waals surface area contributed by atoms with Gasteiger partial charge in [0.2, 0.25) is 0 Å². The topological polar surface area (TPSA) is 42.4 Å². The van der Waals surface area contributed by atoms with Crippen LogP contribution in [0.4, 0.5) is 0 Å². The van der Waals surface area contributed by atoms with Crippen LogP contribution in [0.25, 0.3) is 0 Å². The van der Waals surface area contributed by atoms with Crippen molar-refractivity contribution >= 4 is 7.51 Å². The molecule has 0 heterocycles. The van der Waals surface area contributed by atoms with Crippen LogP contribution >= 0.6 is 7.51 Å². The van der Waals surface area contributed by atoms with Crippen LogP contribution in [0.5, 0.6) is 0 Å². The number of nitrogens with one attached hydrogen (secondary N) is 2. The third-order valence-electron chi connectivity index (χ3n) is 1.47. The molecule has 0 radical (unpaired) electrons. The molecule has 2 N–H and O–H groups in total. The highest BCUT2D eigenvalue weighted by atomic mass is 31.2. The molecular formula is C5H17N4P. The van der Waals surface area contributed by atoms with E-state index in [0.717, 1.165) is 0 Å². The van der Waals surface area contributed by atoms with Gasteiger partial charge in [-0.25, -0.2) is 0 Å². The molecule has 0 rings (SSSR count). The minimum absolute atomic E-state index is 1.82. The van der Waals surface area contributed by atoms with Gasteiger partial charge in [0.15, 0.2) is 7.51 Å². The highest BCUT2D eigenvalue weighted by Crippen LogP contribution is 2.44. The van der Waals surface area contributed by atoms with Crippen LogP contribution in [-0.2, 0) is 0 Å².